The Hall–Kier alpha value is 0.797. The lowest BCUT2D eigenvalue weighted by Gasteiger charge is -2.21. The molecule has 0 bridgehead atoms. The molecule has 0 unspecified atom stereocenters. The molecule has 0 amide bonds. The summed E-state index contributed by atoms with van der Waals surface area (Å²) in [6.45, 7) is 2.34. The summed E-state index contributed by atoms with van der Waals surface area (Å²) in [5.41, 5.74) is 0. The van der Waals surface area contributed by atoms with Crippen LogP contribution in [-0.2, 0) is 4.43 Å². The summed E-state index contributed by atoms with van der Waals surface area (Å²) in [5.74, 6) is 1.33. The number of hydrogen-bond donors (Lipinski definition) is 4. The van der Waals surface area contributed by atoms with Crippen molar-refractivity contribution in [2.45, 2.75) is 19.4 Å². The van der Waals surface area contributed by atoms with E-state index in [0.717, 1.165) is 6.42 Å². The van der Waals surface area contributed by atoms with Crippen molar-refractivity contribution >= 4 is 34.1 Å². The SMILES string of the molecule is CCCO[Si](O)(O)CC(CS)CS. The highest BCUT2D eigenvalue weighted by atomic mass is 32.1. The van der Waals surface area contributed by atoms with E-state index in [0.29, 0.717) is 24.2 Å². The zero-order chi connectivity index (χ0) is 10.3. The van der Waals surface area contributed by atoms with Crippen molar-refractivity contribution in [3.63, 3.8) is 0 Å². The number of rotatable bonds is 7. The Kier molecular flexibility index (Phi) is 7.57. The van der Waals surface area contributed by atoms with Crippen molar-refractivity contribution in [1.82, 2.24) is 0 Å². The van der Waals surface area contributed by atoms with Gasteiger partial charge in [0.1, 0.15) is 0 Å². The predicted octanol–water partition coefficient (Wildman–Crippen LogP) is 0.812. The van der Waals surface area contributed by atoms with Gasteiger partial charge in [-0.2, -0.15) is 25.3 Å². The number of thiol groups is 2. The molecule has 0 fully saturated rings. The zero-order valence-electron chi connectivity index (χ0n) is 7.81. The van der Waals surface area contributed by atoms with Crippen LogP contribution in [0.2, 0.25) is 6.04 Å². The van der Waals surface area contributed by atoms with E-state index in [-0.39, 0.29) is 5.92 Å². The fraction of sp³-hybridized carbons (Fsp3) is 1.00. The quantitative estimate of drug-likeness (QED) is 0.395. The van der Waals surface area contributed by atoms with Crippen LogP contribution in [0.4, 0.5) is 0 Å². The minimum Gasteiger partial charge on any atom is -0.390 e. The monoisotopic (exact) mass is 242 g/mol. The van der Waals surface area contributed by atoms with Crippen LogP contribution >= 0.6 is 25.3 Å². The van der Waals surface area contributed by atoms with Crippen LogP contribution in [0, 0.1) is 5.92 Å². The molecule has 80 valence electrons. The second-order valence-corrected chi connectivity index (χ2v) is 5.94. The standard InChI is InChI=1S/C7H18O3S2Si/c1-2-3-10-13(8,9)6-7(4-11)5-12/h7-9,11-12H,2-6H2,1H3. The third kappa shape index (κ3) is 6.81. The van der Waals surface area contributed by atoms with Gasteiger partial charge in [-0.05, 0) is 23.8 Å². The Bertz CT molecular complexity index is 131. The Labute approximate surface area is 91.7 Å². The Morgan fingerprint density at radius 2 is 1.85 bits per heavy atom. The van der Waals surface area contributed by atoms with Gasteiger partial charge in [0.05, 0.1) is 0 Å². The average molecular weight is 242 g/mol. The first-order chi connectivity index (χ1) is 6.05. The molecule has 0 aromatic heterocycles. The molecule has 0 saturated heterocycles. The molecule has 13 heavy (non-hydrogen) atoms. The van der Waals surface area contributed by atoms with Crippen LogP contribution < -0.4 is 0 Å². The average Bonchev–Trinajstić information content (AvgIpc) is 2.11. The maximum Gasteiger partial charge on any atom is 0.495 e. The molecule has 0 aromatic rings. The lowest BCUT2D eigenvalue weighted by Crippen LogP contribution is -2.41. The molecular formula is C7H18O3S2Si. The second kappa shape index (κ2) is 7.14. The van der Waals surface area contributed by atoms with Crippen LogP contribution in [-0.4, -0.2) is 36.5 Å². The molecule has 6 heteroatoms. The van der Waals surface area contributed by atoms with Crippen molar-refractivity contribution in [3.8, 4) is 0 Å². The Morgan fingerprint density at radius 3 is 2.23 bits per heavy atom. The summed E-state index contributed by atoms with van der Waals surface area (Å²) in [6, 6.07) is 0.292. The van der Waals surface area contributed by atoms with Crippen LogP contribution in [0.15, 0.2) is 0 Å². The lowest BCUT2D eigenvalue weighted by atomic mass is 10.3. The third-order valence-corrected chi connectivity index (χ3v) is 4.42. The summed E-state index contributed by atoms with van der Waals surface area (Å²) in [4.78, 5) is 19.0. The van der Waals surface area contributed by atoms with E-state index in [1.165, 1.54) is 0 Å². The minimum absolute atomic E-state index is 0.116. The van der Waals surface area contributed by atoms with E-state index < -0.39 is 8.80 Å². The normalized spacial score (nSPS) is 12.5. The molecular weight excluding hydrogens is 224 g/mol. The van der Waals surface area contributed by atoms with E-state index in [2.05, 4.69) is 25.3 Å². The lowest BCUT2D eigenvalue weighted by molar-refractivity contribution is 0.144. The van der Waals surface area contributed by atoms with Gasteiger partial charge in [-0.3, -0.25) is 0 Å². The van der Waals surface area contributed by atoms with Gasteiger partial charge in [-0.25, -0.2) is 0 Å². The first-order valence-corrected chi connectivity index (χ1v) is 7.63. The van der Waals surface area contributed by atoms with Gasteiger partial charge in [0, 0.05) is 12.7 Å². The molecule has 0 aliphatic heterocycles. The highest BCUT2D eigenvalue weighted by Gasteiger charge is 2.34. The van der Waals surface area contributed by atoms with Crippen molar-refractivity contribution in [3.05, 3.63) is 0 Å². The van der Waals surface area contributed by atoms with E-state index in [1.807, 2.05) is 6.92 Å². The molecule has 0 saturated carbocycles. The van der Waals surface area contributed by atoms with Gasteiger partial charge >= 0.3 is 8.80 Å². The topological polar surface area (TPSA) is 49.7 Å². The van der Waals surface area contributed by atoms with Crippen LogP contribution in [0.1, 0.15) is 13.3 Å². The molecule has 0 aliphatic rings. The van der Waals surface area contributed by atoms with Crippen molar-refractivity contribution in [2.75, 3.05) is 18.1 Å². The van der Waals surface area contributed by atoms with Gasteiger partial charge in [0.2, 0.25) is 0 Å². The molecule has 3 nitrogen and oxygen atoms in total. The summed E-state index contributed by atoms with van der Waals surface area (Å²) in [6.07, 6.45) is 0.794. The van der Waals surface area contributed by atoms with Crippen LogP contribution in [0.25, 0.3) is 0 Å². The molecule has 0 spiro atoms. The Morgan fingerprint density at radius 1 is 1.31 bits per heavy atom. The van der Waals surface area contributed by atoms with Crippen LogP contribution in [0.5, 0.6) is 0 Å². The van der Waals surface area contributed by atoms with Gasteiger partial charge in [0.25, 0.3) is 0 Å². The second-order valence-electron chi connectivity index (χ2n) is 3.03. The van der Waals surface area contributed by atoms with E-state index >= 15 is 0 Å². The van der Waals surface area contributed by atoms with Gasteiger partial charge in [0.15, 0.2) is 0 Å². The van der Waals surface area contributed by atoms with E-state index in [1.54, 1.807) is 0 Å². The first-order valence-electron chi connectivity index (χ1n) is 4.36. The smallest absolute Gasteiger partial charge is 0.390 e. The third-order valence-electron chi connectivity index (χ3n) is 1.61. The van der Waals surface area contributed by atoms with E-state index in [9.17, 15) is 9.59 Å². The van der Waals surface area contributed by atoms with Gasteiger partial charge < -0.3 is 14.0 Å². The molecule has 0 aliphatic carbocycles. The first kappa shape index (κ1) is 13.8. The minimum atomic E-state index is -3.43. The fourth-order valence-corrected chi connectivity index (χ4v) is 3.78. The molecule has 0 radical (unpaired) electrons. The maximum atomic E-state index is 9.48. The maximum absolute atomic E-state index is 9.48. The van der Waals surface area contributed by atoms with Crippen LogP contribution in [0.3, 0.4) is 0 Å². The number of hydrogen-bond acceptors (Lipinski definition) is 5. The van der Waals surface area contributed by atoms with E-state index in [4.69, 9.17) is 4.43 Å². The summed E-state index contributed by atoms with van der Waals surface area (Å²) in [7, 11) is -3.43. The highest BCUT2D eigenvalue weighted by molar-refractivity contribution is 7.81. The van der Waals surface area contributed by atoms with Gasteiger partial charge in [-0.1, -0.05) is 6.92 Å². The van der Waals surface area contributed by atoms with Gasteiger partial charge in [-0.15, -0.1) is 0 Å². The summed E-state index contributed by atoms with van der Waals surface area (Å²) >= 11 is 8.19. The zero-order valence-corrected chi connectivity index (χ0v) is 10.6. The predicted molar refractivity (Wildman–Crippen MR) is 62.4 cm³/mol. The molecule has 0 rings (SSSR count). The van der Waals surface area contributed by atoms with Crippen molar-refractivity contribution in [2.24, 2.45) is 5.92 Å². The molecule has 0 atom stereocenters. The fourth-order valence-electron chi connectivity index (χ4n) is 0.887. The van der Waals surface area contributed by atoms with Crippen molar-refractivity contribution in [1.29, 1.82) is 0 Å². The summed E-state index contributed by atoms with van der Waals surface area (Å²) < 4.78 is 4.99. The Balaban J connectivity index is 3.83. The molecule has 0 heterocycles. The largest absolute Gasteiger partial charge is 0.495 e. The van der Waals surface area contributed by atoms with Crippen molar-refractivity contribution < 1.29 is 14.0 Å². The molecule has 0 aromatic carbocycles. The highest BCUT2D eigenvalue weighted by Crippen LogP contribution is 2.16. The summed E-state index contributed by atoms with van der Waals surface area (Å²) in [5, 5.41) is 0. The molecule has 2 N–H and O–H groups in total.